The zero-order valence-corrected chi connectivity index (χ0v) is 11.4. The zero-order chi connectivity index (χ0) is 15.6. The number of aromatic hydroxyl groups is 1. The Morgan fingerprint density at radius 3 is 2.62 bits per heavy atom. The monoisotopic (exact) mass is 290 g/mol. The van der Waals surface area contributed by atoms with Crippen molar-refractivity contribution in [2.24, 2.45) is 0 Å². The molecular formula is C13H14N4O4. The molecule has 0 atom stereocenters. The summed E-state index contributed by atoms with van der Waals surface area (Å²) in [6.07, 6.45) is 0. The smallest absolute Gasteiger partial charge is 0.337 e. The van der Waals surface area contributed by atoms with Crippen LogP contribution >= 0.6 is 0 Å². The first-order valence-electron chi connectivity index (χ1n) is 6.18. The lowest BCUT2D eigenvalue weighted by Crippen LogP contribution is -2.16. The van der Waals surface area contributed by atoms with Gasteiger partial charge in [-0.1, -0.05) is 13.8 Å². The van der Waals surface area contributed by atoms with Crippen molar-refractivity contribution in [2.75, 3.05) is 5.32 Å². The minimum atomic E-state index is -1.26. The van der Waals surface area contributed by atoms with Crippen LogP contribution in [0.2, 0.25) is 0 Å². The lowest BCUT2D eigenvalue weighted by atomic mass is 10.1. The molecular weight excluding hydrogens is 276 g/mol. The second kappa shape index (κ2) is 5.61. The molecule has 0 saturated carbocycles. The number of nitrogens with one attached hydrogen (secondary N) is 2. The van der Waals surface area contributed by atoms with Gasteiger partial charge < -0.3 is 15.5 Å². The Kier molecular flexibility index (Phi) is 3.88. The average molecular weight is 290 g/mol. The number of aromatic carboxylic acids is 1. The van der Waals surface area contributed by atoms with Gasteiger partial charge in [0.1, 0.15) is 11.6 Å². The maximum Gasteiger partial charge on any atom is 0.337 e. The van der Waals surface area contributed by atoms with Crippen LogP contribution in [-0.2, 0) is 0 Å². The van der Waals surface area contributed by atoms with Gasteiger partial charge in [-0.15, -0.1) is 5.10 Å². The third-order valence-electron chi connectivity index (χ3n) is 2.73. The summed E-state index contributed by atoms with van der Waals surface area (Å²) < 4.78 is 0. The number of carbonyl (C=O) groups excluding carboxylic acids is 1. The van der Waals surface area contributed by atoms with E-state index in [1.54, 1.807) is 0 Å². The van der Waals surface area contributed by atoms with Crippen LogP contribution < -0.4 is 5.32 Å². The highest BCUT2D eigenvalue weighted by Gasteiger charge is 2.18. The van der Waals surface area contributed by atoms with E-state index in [4.69, 9.17) is 5.11 Å². The lowest BCUT2D eigenvalue weighted by Gasteiger charge is -2.07. The van der Waals surface area contributed by atoms with Crippen LogP contribution in [0.4, 0.5) is 5.69 Å². The van der Waals surface area contributed by atoms with Crippen molar-refractivity contribution in [3.05, 3.63) is 35.4 Å². The van der Waals surface area contributed by atoms with Gasteiger partial charge in [0.05, 0.1) is 11.3 Å². The van der Waals surface area contributed by atoms with Gasteiger partial charge >= 0.3 is 5.97 Å². The number of nitrogens with zero attached hydrogens (tertiary/aromatic N) is 2. The predicted molar refractivity (Wildman–Crippen MR) is 73.5 cm³/mol. The number of carbonyl (C=O) groups is 2. The molecule has 0 aliphatic rings. The van der Waals surface area contributed by atoms with Crippen LogP contribution in [0, 0.1) is 0 Å². The van der Waals surface area contributed by atoms with E-state index < -0.39 is 11.9 Å². The second-order valence-electron chi connectivity index (χ2n) is 4.69. The van der Waals surface area contributed by atoms with Crippen LogP contribution in [0.1, 0.15) is 46.6 Å². The number of amides is 1. The Labute approximate surface area is 119 Å². The number of anilines is 1. The molecule has 0 aliphatic heterocycles. The van der Waals surface area contributed by atoms with E-state index in [1.807, 2.05) is 13.8 Å². The number of hydrogen-bond donors (Lipinski definition) is 4. The van der Waals surface area contributed by atoms with Gasteiger partial charge in [-0.25, -0.2) is 9.78 Å². The Balaban J connectivity index is 2.25. The molecule has 0 spiro atoms. The fourth-order valence-corrected chi connectivity index (χ4v) is 1.63. The summed E-state index contributed by atoms with van der Waals surface area (Å²) in [4.78, 5) is 27.1. The molecule has 21 heavy (non-hydrogen) atoms. The minimum Gasteiger partial charge on any atom is -0.508 e. The van der Waals surface area contributed by atoms with Crippen LogP contribution in [0.25, 0.3) is 0 Å². The lowest BCUT2D eigenvalue weighted by molar-refractivity contribution is 0.0697. The summed E-state index contributed by atoms with van der Waals surface area (Å²) in [5.74, 6) is -1.54. The molecule has 1 amide bonds. The van der Waals surface area contributed by atoms with Gasteiger partial charge in [-0.05, 0) is 18.2 Å². The maximum atomic E-state index is 12.0. The topological polar surface area (TPSA) is 128 Å². The van der Waals surface area contributed by atoms with Crippen LogP contribution in [0.5, 0.6) is 5.75 Å². The Morgan fingerprint density at radius 1 is 1.33 bits per heavy atom. The first kappa shape index (κ1) is 14.5. The van der Waals surface area contributed by atoms with E-state index >= 15 is 0 Å². The van der Waals surface area contributed by atoms with Crippen molar-refractivity contribution < 1.29 is 19.8 Å². The number of aromatic nitrogens is 3. The number of hydrogen-bond acceptors (Lipinski definition) is 5. The molecule has 4 N–H and O–H groups in total. The Hall–Kier alpha value is -2.90. The summed E-state index contributed by atoms with van der Waals surface area (Å²) >= 11 is 0. The van der Waals surface area contributed by atoms with Crippen molar-refractivity contribution in [3.8, 4) is 5.75 Å². The summed E-state index contributed by atoms with van der Waals surface area (Å²) in [5.41, 5.74) is -0.163. The second-order valence-corrected chi connectivity index (χ2v) is 4.69. The van der Waals surface area contributed by atoms with Crippen LogP contribution in [0.3, 0.4) is 0 Å². The SMILES string of the molecule is CC(C)c1nc(C(=O)Nc2ccc(O)cc2C(=O)O)n[nH]1. The molecule has 0 saturated heterocycles. The highest BCUT2D eigenvalue weighted by atomic mass is 16.4. The summed E-state index contributed by atoms with van der Waals surface area (Å²) in [6, 6.07) is 3.63. The zero-order valence-electron chi connectivity index (χ0n) is 11.4. The molecule has 2 aromatic rings. The van der Waals surface area contributed by atoms with E-state index in [0.29, 0.717) is 5.82 Å². The quantitative estimate of drug-likeness (QED) is 0.633. The van der Waals surface area contributed by atoms with Crippen molar-refractivity contribution in [3.63, 3.8) is 0 Å². The molecule has 1 aromatic carbocycles. The molecule has 0 fully saturated rings. The average Bonchev–Trinajstić information content (AvgIpc) is 2.90. The van der Waals surface area contributed by atoms with Crippen molar-refractivity contribution in [1.29, 1.82) is 0 Å². The first-order chi connectivity index (χ1) is 9.88. The number of phenols is 1. The Bertz CT molecular complexity index is 693. The van der Waals surface area contributed by atoms with E-state index in [2.05, 4.69) is 20.5 Å². The highest BCUT2D eigenvalue weighted by Crippen LogP contribution is 2.21. The van der Waals surface area contributed by atoms with Crippen molar-refractivity contribution in [2.45, 2.75) is 19.8 Å². The van der Waals surface area contributed by atoms with Gasteiger partial charge in [0.2, 0.25) is 5.82 Å². The highest BCUT2D eigenvalue weighted by molar-refractivity contribution is 6.06. The van der Waals surface area contributed by atoms with E-state index in [0.717, 1.165) is 6.07 Å². The fourth-order valence-electron chi connectivity index (χ4n) is 1.63. The fraction of sp³-hybridized carbons (Fsp3) is 0.231. The van der Waals surface area contributed by atoms with Crippen molar-refractivity contribution >= 4 is 17.6 Å². The van der Waals surface area contributed by atoms with Gasteiger partial charge in [0, 0.05) is 5.92 Å². The third-order valence-corrected chi connectivity index (χ3v) is 2.73. The summed E-state index contributed by atoms with van der Waals surface area (Å²) in [5, 5.41) is 27.2. The third kappa shape index (κ3) is 3.16. The van der Waals surface area contributed by atoms with Crippen LogP contribution in [-0.4, -0.2) is 37.3 Å². The van der Waals surface area contributed by atoms with Gasteiger partial charge in [-0.3, -0.25) is 9.89 Å². The normalized spacial score (nSPS) is 10.6. The van der Waals surface area contributed by atoms with Gasteiger partial charge in [-0.2, -0.15) is 0 Å². The van der Waals surface area contributed by atoms with E-state index in [1.165, 1.54) is 12.1 Å². The van der Waals surface area contributed by atoms with Crippen molar-refractivity contribution in [1.82, 2.24) is 15.2 Å². The largest absolute Gasteiger partial charge is 0.508 e. The maximum absolute atomic E-state index is 12.0. The summed E-state index contributed by atoms with van der Waals surface area (Å²) in [7, 11) is 0. The predicted octanol–water partition coefficient (Wildman–Crippen LogP) is 1.58. The van der Waals surface area contributed by atoms with Gasteiger partial charge in [0.25, 0.3) is 5.91 Å². The molecule has 2 rings (SSSR count). The summed E-state index contributed by atoms with van der Waals surface area (Å²) in [6.45, 7) is 3.79. The number of benzene rings is 1. The molecule has 110 valence electrons. The molecule has 0 bridgehead atoms. The standard InChI is InChI=1S/C13H14N4O4/c1-6(2)10-15-11(17-16-10)12(19)14-9-4-3-7(18)5-8(9)13(20)21/h3-6,18H,1-2H3,(H,14,19)(H,20,21)(H,15,16,17). The molecule has 8 nitrogen and oxygen atoms in total. The number of aromatic amines is 1. The molecule has 0 aliphatic carbocycles. The molecule has 0 unspecified atom stereocenters. The Morgan fingerprint density at radius 2 is 2.05 bits per heavy atom. The number of carboxylic acids is 1. The molecule has 8 heteroatoms. The molecule has 1 aromatic heterocycles. The number of H-pyrrole nitrogens is 1. The number of rotatable bonds is 4. The molecule has 1 heterocycles. The first-order valence-corrected chi connectivity index (χ1v) is 6.18. The van der Waals surface area contributed by atoms with Crippen LogP contribution in [0.15, 0.2) is 18.2 Å². The van der Waals surface area contributed by atoms with Gasteiger partial charge in [0.15, 0.2) is 0 Å². The number of carboxylic acid groups (broad SMARTS) is 1. The molecule has 0 radical (unpaired) electrons. The van der Waals surface area contributed by atoms with E-state index in [9.17, 15) is 14.7 Å². The number of phenolic OH excluding ortho intramolecular Hbond substituents is 1. The minimum absolute atomic E-state index is 0.0567. The van der Waals surface area contributed by atoms with E-state index in [-0.39, 0.29) is 28.7 Å².